The lowest BCUT2D eigenvalue weighted by Gasteiger charge is -2.34. The van der Waals surface area contributed by atoms with Gasteiger partial charge in [0.05, 0.1) is 34.9 Å². The van der Waals surface area contributed by atoms with Gasteiger partial charge >= 0.3 is 0 Å². The Hall–Kier alpha value is -3.43. The minimum absolute atomic E-state index is 0.260. The smallest absolute Gasteiger partial charge is 0.101 e. The highest BCUT2D eigenvalue weighted by Crippen LogP contribution is 2.36. The maximum atomic E-state index is 9.50. The normalized spacial score (nSPS) is 19.2. The van der Waals surface area contributed by atoms with E-state index in [2.05, 4.69) is 63.2 Å². The van der Waals surface area contributed by atoms with Crippen LogP contribution in [0.5, 0.6) is 0 Å². The van der Waals surface area contributed by atoms with Crippen LogP contribution in [-0.2, 0) is 6.54 Å². The molecule has 0 saturated carbocycles. The molecule has 0 radical (unpaired) electrons. The monoisotopic (exact) mass is 422 g/mol. The van der Waals surface area contributed by atoms with Crippen molar-refractivity contribution in [2.24, 2.45) is 0 Å². The molecule has 2 aliphatic heterocycles. The summed E-state index contributed by atoms with van der Waals surface area (Å²) >= 11 is 0. The summed E-state index contributed by atoms with van der Waals surface area (Å²) in [5, 5.41) is 20.3. The minimum atomic E-state index is 0.260. The Balaban J connectivity index is 1.40. The quantitative estimate of drug-likeness (QED) is 0.515. The molecular weight excluding hydrogens is 396 g/mol. The van der Waals surface area contributed by atoms with E-state index < -0.39 is 0 Å². The van der Waals surface area contributed by atoms with Gasteiger partial charge in [-0.15, -0.1) is 0 Å². The Morgan fingerprint density at radius 2 is 1.97 bits per heavy atom. The molecule has 0 bridgehead atoms. The molecule has 2 aliphatic rings. The molecule has 32 heavy (non-hydrogen) atoms. The SMILES string of the molecule is C[C@@H]1CN(c2ccc(C#N)c3ncccc23)Cc2c3ccc(C4CCNCC4)cc3nn21. The molecule has 6 rings (SSSR count). The molecule has 4 heterocycles. The van der Waals surface area contributed by atoms with Crippen LogP contribution in [0.1, 0.15) is 48.5 Å². The van der Waals surface area contributed by atoms with Gasteiger partial charge in [-0.05, 0) is 74.7 Å². The first-order valence-corrected chi connectivity index (χ1v) is 11.5. The molecule has 1 N–H and O–H groups in total. The van der Waals surface area contributed by atoms with E-state index in [-0.39, 0.29) is 6.04 Å². The van der Waals surface area contributed by atoms with Crippen LogP contribution < -0.4 is 10.2 Å². The fraction of sp³-hybridized carbons (Fsp3) is 0.346. The van der Waals surface area contributed by atoms with Crippen molar-refractivity contribution >= 4 is 27.5 Å². The zero-order valence-corrected chi connectivity index (χ0v) is 18.3. The largest absolute Gasteiger partial charge is 0.363 e. The number of rotatable bonds is 2. The molecule has 160 valence electrons. The number of anilines is 1. The van der Waals surface area contributed by atoms with Gasteiger partial charge in [0.15, 0.2) is 0 Å². The molecule has 2 aromatic heterocycles. The molecule has 1 atom stereocenters. The van der Waals surface area contributed by atoms with Crippen LogP contribution in [0.2, 0.25) is 0 Å². The molecule has 0 amide bonds. The van der Waals surface area contributed by atoms with E-state index in [4.69, 9.17) is 5.10 Å². The van der Waals surface area contributed by atoms with Crippen molar-refractivity contribution < 1.29 is 0 Å². The van der Waals surface area contributed by atoms with Gasteiger partial charge in [0.1, 0.15) is 6.07 Å². The lowest BCUT2D eigenvalue weighted by Crippen LogP contribution is -2.36. The first kappa shape index (κ1) is 19.3. The van der Waals surface area contributed by atoms with E-state index in [1.54, 1.807) is 6.20 Å². The number of piperidine rings is 1. The highest BCUT2D eigenvalue weighted by Gasteiger charge is 2.27. The van der Waals surface area contributed by atoms with E-state index in [0.717, 1.165) is 48.3 Å². The maximum Gasteiger partial charge on any atom is 0.101 e. The Bertz CT molecular complexity index is 1360. The number of benzene rings is 2. The summed E-state index contributed by atoms with van der Waals surface area (Å²) in [5.74, 6) is 0.630. The van der Waals surface area contributed by atoms with E-state index >= 15 is 0 Å². The van der Waals surface area contributed by atoms with Gasteiger partial charge in [0.25, 0.3) is 0 Å². The van der Waals surface area contributed by atoms with Crippen LogP contribution >= 0.6 is 0 Å². The van der Waals surface area contributed by atoms with Crippen molar-refractivity contribution in [2.75, 3.05) is 24.5 Å². The highest BCUT2D eigenvalue weighted by atomic mass is 15.4. The number of nitriles is 1. The second-order valence-electron chi connectivity index (χ2n) is 9.07. The fourth-order valence-electron chi connectivity index (χ4n) is 5.46. The molecular formula is C26H26N6. The van der Waals surface area contributed by atoms with Crippen LogP contribution in [0, 0.1) is 11.3 Å². The van der Waals surface area contributed by atoms with Gasteiger partial charge in [0.2, 0.25) is 0 Å². The average Bonchev–Trinajstić information content (AvgIpc) is 3.22. The molecule has 1 fully saturated rings. The summed E-state index contributed by atoms with van der Waals surface area (Å²) in [6.07, 6.45) is 4.15. The molecule has 1 saturated heterocycles. The van der Waals surface area contributed by atoms with Crippen molar-refractivity contribution in [1.82, 2.24) is 20.1 Å². The summed E-state index contributed by atoms with van der Waals surface area (Å²) in [4.78, 5) is 6.90. The standard InChI is InChI=1S/C26H26N6/c1-17-15-31(24-7-5-20(14-27)26-22(24)3-2-10-29-26)16-25-21-6-4-19(13-23(21)30-32(17)25)18-8-11-28-12-9-18/h2-7,10,13,17-18,28H,8-9,11-12,15-16H2,1H3/t17-/m1/s1. The molecule has 6 nitrogen and oxygen atoms in total. The summed E-state index contributed by atoms with van der Waals surface area (Å²) in [7, 11) is 0. The lowest BCUT2D eigenvalue weighted by molar-refractivity contribution is 0.430. The van der Waals surface area contributed by atoms with Crippen molar-refractivity contribution in [3.05, 3.63) is 65.5 Å². The molecule has 0 aliphatic carbocycles. The number of nitrogens with zero attached hydrogens (tertiary/aromatic N) is 5. The Labute approximate surface area is 187 Å². The summed E-state index contributed by atoms with van der Waals surface area (Å²) in [6.45, 7) is 6.10. The van der Waals surface area contributed by atoms with Crippen molar-refractivity contribution in [3.63, 3.8) is 0 Å². The fourth-order valence-corrected chi connectivity index (χ4v) is 5.46. The molecule has 4 aromatic rings. The van der Waals surface area contributed by atoms with E-state index in [1.165, 1.54) is 29.5 Å². The van der Waals surface area contributed by atoms with Crippen molar-refractivity contribution in [1.29, 1.82) is 5.26 Å². The number of pyridine rings is 1. The molecule has 0 unspecified atom stereocenters. The number of aromatic nitrogens is 3. The predicted molar refractivity (Wildman–Crippen MR) is 127 cm³/mol. The second-order valence-corrected chi connectivity index (χ2v) is 9.07. The van der Waals surface area contributed by atoms with Crippen LogP contribution in [0.3, 0.4) is 0 Å². The summed E-state index contributed by atoms with van der Waals surface area (Å²) < 4.78 is 2.22. The van der Waals surface area contributed by atoms with Gasteiger partial charge in [-0.3, -0.25) is 9.67 Å². The third kappa shape index (κ3) is 3.04. The molecule has 2 aromatic carbocycles. The third-order valence-corrected chi connectivity index (χ3v) is 7.09. The van der Waals surface area contributed by atoms with Crippen LogP contribution in [0.4, 0.5) is 5.69 Å². The zero-order valence-electron chi connectivity index (χ0n) is 18.3. The maximum absolute atomic E-state index is 9.50. The third-order valence-electron chi connectivity index (χ3n) is 7.09. The number of fused-ring (bicyclic) bond motifs is 4. The minimum Gasteiger partial charge on any atom is -0.363 e. The number of nitrogens with one attached hydrogen (secondary N) is 1. The number of hydrogen-bond donors (Lipinski definition) is 1. The first-order chi connectivity index (χ1) is 15.7. The summed E-state index contributed by atoms with van der Waals surface area (Å²) in [6, 6.07) is 17.4. The molecule has 6 heteroatoms. The van der Waals surface area contributed by atoms with Crippen molar-refractivity contribution in [2.45, 2.75) is 38.3 Å². The zero-order chi connectivity index (χ0) is 21.7. The van der Waals surface area contributed by atoms with Gasteiger partial charge < -0.3 is 10.2 Å². The Morgan fingerprint density at radius 1 is 1.09 bits per heavy atom. The molecule has 0 spiro atoms. The van der Waals surface area contributed by atoms with Crippen LogP contribution in [-0.4, -0.2) is 34.4 Å². The van der Waals surface area contributed by atoms with E-state index in [1.807, 2.05) is 12.1 Å². The first-order valence-electron chi connectivity index (χ1n) is 11.5. The summed E-state index contributed by atoms with van der Waals surface area (Å²) in [5.41, 5.74) is 6.31. The second kappa shape index (κ2) is 7.61. The van der Waals surface area contributed by atoms with Crippen LogP contribution in [0.25, 0.3) is 21.8 Å². The average molecular weight is 423 g/mol. The van der Waals surface area contributed by atoms with Gasteiger partial charge in [-0.2, -0.15) is 10.4 Å². The van der Waals surface area contributed by atoms with Gasteiger partial charge in [0, 0.05) is 29.2 Å². The Morgan fingerprint density at radius 3 is 2.81 bits per heavy atom. The van der Waals surface area contributed by atoms with E-state index in [0.29, 0.717) is 11.5 Å². The predicted octanol–water partition coefficient (Wildman–Crippen LogP) is 4.50. The van der Waals surface area contributed by atoms with Gasteiger partial charge in [-0.25, -0.2) is 0 Å². The van der Waals surface area contributed by atoms with Gasteiger partial charge in [-0.1, -0.05) is 12.1 Å². The topological polar surface area (TPSA) is 69.8 Å². The lowest BCUT2D eigenvalue weighted by atomic mass is 9.89. The van der Waals surface area contributed by atoms with E-state index in [9.17, 15) is 5.26 Å². The van der Waals surface area contributed by atoms with Crippen molar-refractivity contribution in [3.8, 4) is 6.07 Å². The number of hydrogen-bond acceptors (Lipinski definition) is 5. The van der Waals surface area contributed by atoms with Crippen LogP contribution in [0.15, 0.2) is 48.7 Å². The Kier molecular flexibility index (Phi) is 4.58. The highest BCUT2D eigenvalue weighted by molar-refractivity contribution is 5.95.